The topological polar surface area (TPSA) is 45.6 Å². The Morgan fingerprint density at radius 1 is 1.38 bits per heavy atom. The van der Waals surface area contributed by atoms with Crippen molar-refractivity contribution in [2.24, 2.45) is 5.73 Å². The molecule has 1 aliphatic heterocycles. The lowest BCUT2D eigenvalue weighted by Gasteiger charge is -2.42. The molecule has 5 heteroatoms. The van der Waals surface area contributed by atoms with Crippen LogP contribution in [0.3, 0.4) is 0 Å². The van der Waals surface area contributed by atoms with E-state index in [-0.39, 0.29) is 6.04 Å². The molecular formula is C16H22BrN3O. The van der Waals surface area contributed by atoms with Crippen LogP contribution < -0.4 is 5.73 Å². The number of nitrogens with zero attached hydrogens (tertiary/aromatic N) is 2. The summed E-state index contributed by atoms with van der Waals surface area (Å²) in [7, 11) is 2.16. The standard InChI is InChI=1S/C16H22BrN3O/c1-11(20-6-5-19(2)10-14(20)9-18)16-8-12-7-13(17)3-4-15(12)21-16/h3-4,7-8,11,14H,5-6,9-10,18H2,1-2H3. The summed E-state index contributed by atoms with van der Waals surface area (Å²) in [6.45, 7) is 6.01. The van der Waals surface area contributed by atoms with Gasteiger partial charge in [0, 0.05) is 42.1 Å². The molecule has 3 rings (SSSR count). The van der Waals surface area contributed by atoms with Gasteiger partial charge in [0.25, 0.3) is 0 Å². The van der Waals surface area contributed by atoms with Crippen molar-refractivity contribution in [1.82, 2.24) is 9.80 Å². The van der Waals surface area contributed by atoms with Crippen molar-refractivity contribution in [2.45, 2.75) is 19.0 Å². The second-order valence-corrected chi connectivity index (χ2v) is 6.81. The highest BCUT2D eigenvalue weighted by atomic mass is 79.9. The van der Waals surface area contributed by atoms with Crippen molar-refractivity contribution < 1.29 is 4.42 Å². The zero-order valence-electron chi connectivity index (χ0n) is 12.6. The lowest BCUT2D eigenvalue weighted by atomic mass is 10.1. The van der Waals surface area contributed by atoms with Crippen molar-refractivity contribution in [2.75, 3.05) is 33.2 Å². The first-order valence-corrected chi connectivity index (χ1v) is 8.21. The van der Waals surface area contributed by atoms with Crippen molar-refractivity contribution in [3.05, 3.63) is 34.5 Å². The summed E-state index contributed by atoms with van der Waals surface area (Å²) >= 11 is 3.51. The zero-order chi connectivity index (χ0) is 15.0. The van der Waals surface area contributed by atoms with Crippen LogP contribution in [-0.2, 0) is 0 Å². The fraction of sp³-hybridized carbons (Fsp3) is 0.500. The van der Waals surface area contributed by atoms with E-state index in [1.807, 2.05) is 12.1 Å². The van der Waals surface area contributed by atoms with Crippen LogP contribution in [-0.4, -0.2) is 49.1 Å². The number of nitrogens with two attached hydrogens (primary N) is 1. The van der Waals surface area contributed by atoms with Gasteiger partial charge in [0.15, 0.2) is 0 Å². The van der Waals surface area contributed by atoms with Gasteiger partial charge in [-0.25, -0.2) is 0 Å². The van der Waals surface area contributed by atoms with E-state index in [1.165, 1.54) is 0 Å². The Kier molecular flexibility index (Phi) is 4.36. The maximum atomic E-state index is 6.04. The first kappa shape index (κ1) is 15.0. The van der Waals surface area contributed by atoms with E-state index >= 15 is 0 Å². The van der Waals surface area contributed by atoms with Crippen LogP contribution in [0.15, 0.2) is 33.2 Å². The number of furan rings is 1. The molecule has 1 aromatic carbocycles. The Morgan fingerprint density at radius 3 is 2.95 bits per heavy atom. The van der Waals surface area contributed by atoms with Gasteiger partial charge in [-0.2, -0.15) is 0 Å². The Balaban J connectivity index is 1.86. The molecule has 2 atom stereocenters. The van der Waals surface area contributed by atoms with Crippen molar-refractivity contribution >= 4 is 26.9 Å². The average molecular weight is 352 g/mol. The zero-order valence-corrected chi connectivity index (χ0v) is 14.1. The molecule has 1 aliphatic rings. The number of halogens is 1. The molecular weight excluding hydrogens is 330 g/mol. The third kappa shape index (κ3) is 3.01. The Bertz CT molecular complexity index is 627. The van der Waals surface area contributed by atoms with E-state index in [0.29, 0.717) is 12.6 Å². The smallest absolute Gasteiger partial charge is 0.134 e. The first-order valence-electron chi connectivity index (χ1n) is 7.42. The number of hydrogen-bond acceptors (Lipinski definition) is 4. The molecule has 0 aliphatic carbocycles. The van der Waals surface area contributed by atoms with Crippen LogP contribution in [0.5, 0.6) is 0 Å². The van der Waals surface area contributed by atoms with Crippen LogP contribution in [0.1, 0.15) is 18.7 Å². The van der Waals surface area contributed by atoms with Gasteiger partial charge in [0.05, 0.1) is 6.04 Å². The van der Waals surface area contributed by atoms with E-state index in [9.17, 15) is 0 Å². The third-order valence-electron chi connectivity index (χ3n) is 4.41. The highest BCUT2D eigenvalue weighted by Crippen LogP contribution is 2.30. The summed E-state index contributed by atoms with van der Waals surface area (Å²) in [5, 5.41) is 1.14. The molecule has 0 saturated carbocycles. The van der Waals surface area contributed by atoms with Gasteiger partial charge in [0.1, 0.15) is 11.3 Å². The molecule has 1 saturated heterocycles. The molecule has 21 heavy (non-hydrogen) atoms. The second kappa shape index (κ2) is 6.08. The highest BCUT2D eigenvalue weighted by Gasteiger charge is 2.30. The normalized spacial score (nSPS) is 22.8. The lowest BCUT2D eigenvalue weighted by molar-refractivity contribution is 0.0548. The molecule has 4 nitrogen and oxygen atoms in total. The molecule has 0 amide bonds. The lowest BCUT2D eigenvalue weighted by Crippen LogP contribution is -2.55. The summed E-state index contributed by atoms with van der Waals surface area (Å²) in [4.78, 5) is 4.81. The minimum absolute atomic E-state index is 0.249. The van der Waals surface area contributed by atoms with Crippen LogP contribution in [0.25, 0.3) is 11.0 Å². The van der Waals surface area contributed by atoms with Crippen LogP contribution in [0.4, 0.5) is 0 Å². The van der Waals surface area contributed by atoms with Crippen molar-refractivity contribution in [3.63, 3.8) is 0 Å². The predicted molar refractivity (Wildman–Crippen MR) is 89.4 cm³/mol. The van der Waals surface area contributed by atoms with E-state index < -0.39 is 0 Å². The van der Waals surface area contributed by atoms with E-state index in [1.54, 1.807) is 0 Å². The summed E-state index contributed by atoms with van der Waals surface area (Å²) in [5.74, 6) is 1.02. The predicted octanol–water partition coefficient (Wildman–Crippen LogP) is 2.83. The van der Waals surface area contributed by atoms with Gasteiger partial charge in [-0.1, -0.05) is 15.9 Å². The molecule has 0 spiro atoms. The maximum absolute atomic E-state index is 6.04. The van der Waals surface area contributed by atoms with Crippen LogP contribution >= 0.6 is 15.9 Å². The summed E-state index contributed by atoms with van der Waals surface area (Å²) in [6, 6.07) is 8.91. The fourth-order valence-corrected chi connectivity index (χ4v) is 3.53. The van der Waals surface area contributed by atoms with E-state index in [2.05, 4.69) is 51.8 Å². The third-order valence-corrected chi connectivity index (χ3v) is 4.90. The van der Waals surface area contributed by atoms with Gasteiger partial charge in [0.2, 0.25) is 0 Å². The molecule has 2 heterocycles. The SMILES string of the molecule is CC(c1cc2cc(Br)ccc2o1)N1CCN(C)CC1CN. The highest BCUT2D eigenvalue weighted by molar-refractivity contribution is 9.10. The number of rotatable bonds is 3. The Labute approximate surface area is 134 Å². The number of likely N-dealkylation sites (N-methyl/N-ethyl adjacent to an activating group) is 1. The molecule has 1 aromatic heterocycles. The molecule has 1 fully saturated rings. The van der Waals surface area contributed by atoms with Crippen molar-refractivity contribution in [3.8, 4) is 0 Å². The molecule has 2 N–H and O–H groups in total. The largest absolute Gasteiger partial charge is 0.459 e. The summed E-state index contributed by atoms with van der Waals surface area (Å²) in [5.41, 5.74) is 6.90. The molecule has 2 unspecified atom stereocenters. The minimum Gasteiger partial charge on any atom is -0.459 e. The molecule has 0 bridgehead atoms. The molecule has 0 radical (unpaired) electrons. The Hall–Kier alpha value is -0.880. The fourth-order valence-electron chi connectivity index (χ4n) is 3.15. The summed E-state index contributed by atoms with van der Waals surface area (Å²) < 4.78 is 7.12. The van der Waals surface area contributed by atoms with Gasteiger partial charge in [-0.05, 0) is 38.2 Å². The van der Waals surface area contributed by atoms with Gasteiger partial charge in [-0.15, -0.1) is 0 Å². The van der Waals surface area contributed by atoms with E-state index in [0.717, 1.165) is 40.8 Å². The van der Waals surface area contributed by atoms with E-state index in [4.69, 9.17) is 10.2 Å². The van der Waals surface area contributed by atoms with Crippen molar-refractivity contribution in [1.29, 1.82) is 0 Å². The number of hydrogen-bond donors (Lipinski definition) is 1. The maximum Gasteiger partial charge on any atom is 0.134 e. The Morgan fingerprint density at radius 2 is 2.19 bits per heavy atom. The first-order chi connectivity index (χ1) is 10.1. The number of fused-ring (bicyclic) bond motifs is 1. The monoisotopic (exact) mass is 351 g/mol. The molecule has 2 aromatic rings. The van der Waals surface area contributed by atoms with Crippen LogP contribution in [0, 0.1) is 0 Å². The number of benzene rings is 1. The number of piperazine rings is 1. The molecule has 114 valence electrons. The van der Waals surface area contributed by atoms with Gasteiger partial charge in [-0.3, -0.25) is 4.90 Å². The quantitative estimate of drug-likeness (QED) is 0.923. The van der Waals surface area contributed by atoms with Gasteiger partial charge < -0.3 is 15.1 Å². The minimum atomic E-state index is 0.249. The summed E-state index contributed by atoms with van der Waals surface area (Å²) in [6.07, 6.45) is 0. The van der Waals surface area contributed by atoms with Crippen LogP contribution in [0.2, 0.25) is 0 Å². The average Bonchev–Trinajstić information content (AvgIpc) is 2.89. The van der Waals surface area contributed by atoms with Gasteiger partial charge >= 0.3 is 0 Å². The second-order valence-electron chi connectivity index (χ2n) is 5.90.